The minimum Gasteiger partial charge on any atom is -0.384 e. The van der Waals surface area contributed by atoms with Gasteiger partial charge in [0.2, 0.25) is 0 Å². The first kappa shape index (κ1) is 13.7. The van der Waals surface area contributed by atoms with Crippen LogP contribution in [0, 0.1) is 13.8 Å². The molecular weight excluding hydrogens is 246 g/mol. The van der Waals surface area contributed by atoms with Gasteiger partial charge in [0.15, 0.2) is 0 Å². The van der Waals surface area contributed by atoms with Crippen molar-refractivity contribution >= 4 is 0 Å². The molecule has 2 aromatic carbocycles. The molecule has 1 N–H and O–H groups in total. The Morgan fingerprint density at radius 3 is 2.26 bits per heavy atom. The van der Waals surface area contributed by atoms with Gasteiger partial charge in [-0.3, -0.25) is 0 Å². The molecule has 1 unspecified atom stereocenters. The van der Waals surface area contributed by atoms with Gasteiger partial charge in [-0.1, -0.05) is 42.0 Å². The van der Waals surface area contributed by atoms with Crippen molar-refractivity contribution in [3.8, 4) is 0 Å². The second-order valence-electron chi connectivity index (χ2n) is 4.73. The summed E-state index contributed by atoms with van der Waals surface area (Å²) in [6, 6.07) is 11.6. The Morgan fingerprint density at radius 1 is 0.947 bits per heavy atom. The van der Waals surface area contributed by atoms with E-state index in [2.05, 4.69) is 0 Å². The third kappa shape index (κ3) is 2.99. The molecule has 0 bridgehead atoms. The lowest BCUT2D eigenvalue weighted by molar-refractivity contribution is 0.150. The number of benzene rings is 2. The summed E-state index contributed by atoms with van der Waals surface area (Å²) >= 11 is 0. The standard InChI is InChI=1S/C16H16F2O/c1-10-6-7-14(11(2)8-10)15(19)12-4-3-5-13(9-12)16(17)18/h3-9,15-16,19H,1-2H3. The molecule has 0 fully saturated rings. The van der Waals surface area contributed by atoms with Crippen LogP contribution in [0.4, 0.5) is 8.78 Å². The average molecular weight is 262 g/mol. The minimum absolute atomic E-state index is 0.0682. The van der Waals surface area contributed by atoms with Crippen LogP contribution in [-0.2, 0) is 0 Å². The highest BCUT2D eigenvalue weighted by Crippen LogP contribution is 2.28. The Morgan fingerprint density at radius 2 is 1.63 bits per heavy atom. The predicted molar refractivity (Wildman–Crippen MR) is 71.4 cm³/mol. The van der Waals surface area contributed by atoms with Gasteiger partial charge in [-0.25, -0.2) is 8.78 Å². The summed E-state index contributed by atoms with van der Waals surface area (Å²) < 4.78 is 25.3. The zero-order valence-corrected chi connectivity index (χ0v) is 10.9. The SMILES string of the molecule is Cc1ccc(C(O)c2cccc(C(F)F)c2)c(C)c1. The summed E-state index contributed by atoms with van der Waals surface area (Å²) in [5.74, 6) is 0. The lowest BCUT2D eigenvalue weighted by Gasteiger charge is -2.15. The normalized spacial score (nSPS) is 12.7. The van der Waals surface area contributed by atoms with E-state index in [-0.39, 0.29) is 5.56 Å². The van der Waals surface area contributed by atoms with Crippen LogP contribution in [0.5, 0.6) is 0 Å². The van der Waals surface area contributed by atoms with Crippen molar-refractivity contribution in [3.05, 3.63) is 70.3 Å². The van der Waals surface area contributed by atoms with Gasteiger partial charge in [0, 0.05) is 5.56 Å². The summed E-state index contributed by atoms with van der Waals surface area (Å²) in [6.45, 7) is 3.88. The number of aliphatic hydroxyl groups is 1. The van der Waals surface area contributed by atoms with E-state index < -0.39 is 12.5 Å². The fraction of sp³-hybridized carbons (Fsp3) is 0.250. The van der Waals surface area contributed by atoms with Crippen LogP contribution in [0.3, 0.4) is 0 Å². The van der Waals surface area contributed by atoms with Crippen LogP contribution < -0.4 is 0 Å². The second-order valence-corrected chi connectivity index (χ2v) is 4.73. The van der Waals surface area contributed by atoms with E-state index in [0.717, 1.165) is 16.7 Å². The molecule has 0 aromatic heterocycles. The molecule has 1 nitrogen and oxygen atoms in total. The van der Waals surface area contributed by atoms with Crippen molar-refractivity contribution in [1.29, 1.82) is 0 Å². The van der Waals surface area contributed by atoms with Gasteiger partial charge >= 0.3 is 0 Å². The largest absolute Gasteiger partial charge is 0.384 e. The molecule has 1 atom stereocenters. The summed E-state index contributed by atoms with van der Waals surface area (Å²) in [5.41, 5.74) is 3.23. The molecule has 0 saturated heterocycles. The molecule has 0 spiro atoms. The topological polar surface area (TPSA) is 20.2 Å². The zero-order chi connectivity index (χ0) is 14.0. The number of alkyl halides is 2. The fourth-order valence-corrected chi connectivity index (χ4v) is 2.18. The first-order valence-electron chi connectivity index (χ1n) is 6.12. The van der Waals surface area contributed by atoms with Gasteiger partial charge in [-0.05, 0) is 36.6 Å². The third-order valence-electron chi connectivity index (χ3n) is 3.20. The average Bonchev–Trinajstić information content (AvgIpc) is 2.38. The third-order valence-corrected chi connectivity index (χ3v) is 3.20. The van der Waals surface area contributed by atoms with E-state index in [4.69, 9.17) is 0 Å². The second kappa shape index (κ2) is 5.49. The molecule has 100 valence electrons. The number of aliphatic hydroxyl groups excluding tert-OH is 1. The van der Waals surface area contributed by atoms with Gasteiger partial charge < -0.3 is 5.11 Å². The number of halogens is 2. The van der Waals surface area contributed by atoms with Crippen molar-refractivity contribution < 1.29 is 13.9 Å². The summed E-state index contributed by atoms with van der Waals surface area (Å²) in [4.78, 5) is 0. The van der Waals surface area contributed by atoms with Gasteiger partial charge in [0.05, 0.1) is 0 Å². The maximum Gasteiger partial charge on any atom is 0.263 e. The Hall–Kier alpha value is -1.74. The fourth-order valence-electron chi connectivity index (χ4n) is 2.18. The van der Waals surface area contributed by atoms with Crippen molar-refractivity contribution in [2.75, 3.05) is 0 Å². The van der Waals surface area contributed by atoms with Crippen molar-refractivity contribution in [3.63, 3.8) is 0 Å². The lowest BCUT2D eigenvalue weighted by atomic mass is 9.95. The highest BCUT2D eigenvalue weighted by atomic mass is 19.3. The summed E-state index contributed by atoms with van der Waals surface area (Å²) in [5, 5.41) is 10.3. The Bertz CT molecular complexity index is 579. The maximum atomic E-state index is 12.7. The van der Waals surface area contributed by atoms with E-state index in [1.807, 2.05) is 32.0 Å². The van der Waals surface area contributed by atoms with Crippen molar-refractivity contribution in [1.82, 2.24) is 0 Å². The quantitative estimate of drug-likeness (QED) is 0.873. The number of rotatable bonds is 3. The molecule has 0 radical (unpaired) electrons. The molecule has 2 aromatic rings. The summed E-state index contributed by atoms with van der Waals surface area (Å²) in [7, 11) is 0. The lowest BCUT2D eigenvalue weighted by Crippen LogP contribution is -2.03. The molecule has 0 aliphatic carbocycles. The molecular formula is C16H16F2O. The van der Waals surface area contributed by atoms with E-state index in [1.165, 1.54) is 12.1 Å². The molecule has 0 aliphatic rings. The molecule has 2 rings (SSSR count). The van der Waals surface area contributed by atoms with Gasteiger partial charge in [0.1, 0.15) is 6.10 Å². The summed E-state index contributed by atoms with van der Waals surface area (Å²) in [6.07, 6.45) is -3.40. The van der Waals surface area contributed by atoms with Crippen LogP contribution in [0.15, 0.2) is 42.5 Å². The first-order chi connectivity index (χ1) is 8.99. The van der Waals surface area contributed by atoms with Gasteiger partial charge in [-0.2, -0.15) is 0 Å². The van der Waals surface area contributed by atoms with E-state index >= 15 is 0 Å². The highest BCUT2D eigenvalue weighted by molar-refractivity contribution is 5.38. The minimum atomic E-state index is -2.52. The van der Waals surface area contributed by atoms with E-state index in [9.17, 15) is 13.9 Å². The Balaban J connectivity index is 2.38. The molecule has 0 amide bonds. The van der Waals surface area contributed by atoms with Crippen LogP contribution in [0.2, 0.25) is 0 Å². The number of hydrogen-bond acceptors (Lipinski definition) is 1. The molecule has 19 heavy (non-hydrogen) atoms. The highest BCUT2D eigenvalue weighted by Gasteiger charge is 2.15. The van der Waals surface area contributed by atoms with E-state index in [0.29, 0.717) is 5.56 Å². The Kier molecular flexibility index (Phi) is 3.96. The first-order valence-corrected chi connectivity index (χ1v) is 6.12. The smallest absolute Gasteiger partial charge is 0.263 e. The van der Waals surface area contributed by atoms with Crippen molar-refractivity contribution in [2.24, 2.45) is 0 Å². The number of hydrogen-bond donors (Lipinski definition) is 1. The Labute approximate surface area is 111 Å². The van der Waals surface area contributed by atoms with Gasteiger partial charge in [-0.15, -0.1) is 0 Å². The maximum absolute atomic E-state index is 12.7. The van der Waals surface area contributed by atoms with Crippen molar-refractivity contribution in [2.45, 2.75) is 26.4 Å². The van der Waals surface area contributed by atoms with Crippen LogP contribution >= 0.6 is 0 Å². The van der Waals surface area contributed by atoms with E-state index in [1.54, 1.807) is 12.1 Å². The number of aryl methyl sites for hydroxylation is 2. The zero-order valence-electron chi connectivity index (χ0n) is 10.9. The monoisotopic (exact) mass is 262 g/mol. The van der Waals surface area contributed by atoms with Gasteiger partial charge in [0.25, 0.3) is 6.43 Å². The van der Waals surface area contributed by atoms with Crippen LogP contribution in [0.25, 0.3) is 0 Å². The van der Waals surface area contributed by atoms with Crippen LogP contribution in [0.1, 0.15) is 40.3 Å². The molecule has 3 heteroatoms. The molecule has 0 aliphatic heterocycles. The molecule has 0 saturated carbocycles. The molecule has 0 heterocycles. The van der Waals surface area contributed by atoms with Crippen LogP contribution in [-0.4, -0.2) is 5.11 Å². The predicted octanol–water partition coefficient (Wildman–Crippen LogP) is 4.32.